The molecule has 0 aliphatic carbocycles. The maximum absolute atomic E-state index is 12.3. The van der Waals surface area contributed by atoms with Crippen LogP contribution in [0.15, 0.2) is 18.2 Å². The molecule has 0 spiro atoms. The second-order valence-electron chi connectivity index (χ2n) is 5.90. The van der Waals surface area contributed by atoms with Crippen molar-refractivity contribution in [2.75, 3.05) is 12.4 Å². The van der Waals surface area contributed by atoms with Gasteiger partial charge in [0.05, 0.1) is 12.8 Å². The number of methoxy groups -OCH3 is 1. The quantitative estimate of drug-likeness (QED) is 0.811. The third-order valence-corrected chi connectivity index (χ3v) is 4.21. The fraction of sp³-hybridized carbons (Fsp3) is 0.389. The largest absolute Gasteiger partial charge is 0.495 e. The van der Waals surface area contributed by atoms with Crippen LogP contribution in [0.5, 0.6) is 5.75 Å². The Balaban J connectivity index is 2.32. The molecule has 2 aromatic rings. The SMILES string of the molecule is CCC(C)NC(=O)c1cc(Nc2cc(C)c(Cl)cc2OC)nc(C)n1. The van der Waals surface area contributed by atoms with E-state index in [0.717, 1.165) is 17.7 Å². The van der Waals surface area contributed by atoms with Crippen LogP contribution in [0.1, 0.15) is 42.1 Å². The van der Waals surface area contributed by atoms with Crippen LogP contribution in [-0.4, -0.2) is 29.0 Å². The minimum atomic E-state index is -0.220. The predicted molar refractivity (Wildman–Crippen MR) is 100 cm³/mol. The molecule has 0 saturated heterocycles. The first-order valence-electron chi connectivity index (χ1n) is 8.11. The van der Waals surface area contributed by atoms with Crippen LogP contribution in [0.4, 0.5) is 11.5 Å². The zero-order chi connectivity index (χ0) is 18.6. The van der Waals surface area contributed by atoms with Gasteiger partial charge in [-0.3, -0.25) is 4.79 Å². The number of aryl methyl sites for hydroxylation is 2. The smallest absolute Gasteiger partial charge is 0.270 e. The van der Waals surface area contributed by atoms with E-state index in [2.05, 4.69) is 20.6 Å². The number of anilines is 2. The van der Waals surface area contributed by atoms with E-state index < -0.39 is 0 Å². The molecule has 1 heterocycles. The van der Waals surface area contributed by atoms with Gasteiger partial charge in [-0.1, -0.05) is 18.5 Å². The number of nitrogens with one attached hydrogen (secondary N) is 2. The lowest BCUT2D eigenvalue weighted by molar-refractivity contribution is 0.0934. The zero-order valence-corrected chi connectivity index (χ0v) is 15.9. The van der Waals surface area contributed by atoms with Crippen molar-refractivity contribution in [3.05, 3.63) is 40.3 Å². The van der Waals surface area contributed by atoms with Crippen LogP contribution in [0.2, 0.25) is 5.02 Å². The molecule has 0 bridgehead atoms. The van der Waals surface area contributed by atoms with Gasteiger partial charge in [0.1, 0.15) is 23.1 Å². The second-order valence-corrected chi connectivity index (χ2v) is 6.30. The summed E-state index contributed by atoms with van der Waals surface area (Å²) >= 11 is 6.14. The molecule has 7 heteroatoms. The summed E-state index contributed by atoms with van der Waals surface area (Å²) in [5, 5.41) is 6.70. The topological polar surface area (TPSA) is 76.1 Å². The zero-order valence-electron chi connectivity index (χ0n) is 15.1. The monoisotopic (exact) mass is 362 g/mol. The summed E-state index contributed by atoms with van der Waals surface area (Å²) in [5.74, 6) is 1.39. The van der Waals surface area contributed by atoms with Crippen molar-refractivity contribution in [3.63, 3.8) is 0 Å². The summed E-state index contributed by atoms with van der Waals surface area (Å²) in [6.45, 7) is 7.61. The summed E-state index contributed by atoms with van der Waals surface area (Å²) in [6.07, 6.45) is 0.849. The molecule has 0 radical (unpaired) electrons. The Hall–Kier alpha value is -2.34. The normalized spacial score (nSPS) is 11.8. The number of ether oxygens (including phenoxy) is 1. The summed E-state index contributed by atoms with van der Waals surface area (Å²) < 4.78 is 5.36. The molecule has 2 rings (SSSR count). The highest BCUT2D eigenvalue weighted by atomic mass is 35.5. The Morgan fingerprint density at radius 1 is 1.28 bits per heavy atom. The van der Waals surface area contributed by atoms with E-state index in [1.165, 1.54) is 0 Å². The van der Waals surface area contributed by atoms with Crippen LogP contribution in [-0.2, 0) is 0 Å². The molecule has 1 atom stereocenters. The fourth-order valence-corrected chi connectivity index (χ4v) is 2.37. The van der Waals surface area contributed by atoms with E-state index in [9.17, 15) is 4.79 Å². The molecular formula is C18H23ClN4O2. The Morgan fingerprint density at radius 3 is 2.64 bits per heavy atom. The van der Waals surface area contributed by atoms with Gasteiger partial charge in [-0.15, -0.1) is 0 Å². The number of hydrogen-bond acceptors (Lipinski definition) is 5. The average molecular weight is 363 g/mol. The third kappa shape index (κ3) is 4.82. The van der Waals surface area contributed by atoms with Crippen molar-refractivity contribution in [1.29, 1.82) is 0 Å². The van der Waals surface area contributed by atoms with E-state index in [1.54, 1.807) is 26.2 Å². The number of aromatic nitrogens is 2. The van der Waals surface area contributed by atoms with Crippen LogP contribution in [0, 0.1) is 13.8 Å². The number of halogens is 1. The van der Waals surface area contributed by atoms with E-state index in [4.69, 9.17) is 16.3 Å². The van der Waals surface area contributed by atoms with Gasteiger partial charge in [0.25, 0.3) is 5.91 Å². The molecule has 0 saturated carbocycles. The van der Waals surface area contributed by atoms with E-state index in [-0.39, 0.29) is 11.9 Å². The lowest BCUT2D eigenvalue weighted by Gasteiger charge is -2.14. The highest BCUT2D eigenvalue weighted by molar-refractivity contribution is 6.31. The van der Waals surface area contributed by atoms with Gasteiger partial charge >= 0.3 is 0 Å². The van der Waals surface area contributed by atoms with Crippen molar-refractivity contribution in [1.82, 2.24) is 15.3 Å². The first kappa shape index (κ1) is 19.0. The fourth-order valence-electron chi connectivity index (χ4n) is 2.22. The number of carbonyl (C=O) groups excluding carboxylic acids is 1. The minimum Gasteiger partial charge on any atom is -0.495 e. The number of hydrogen-bond donors (Lipinski definition) is 2. The standard InChI is InChI=1S/C18H23ClN4O2/c1-6-11(3)20-18(24)15-9-17(22-12(4)21-15)23-14-7-10(2)13(19)8-16(14)25-5/h7-9,11H,6H2,1-5H3,(H,20,24)(H,21,22,23). The molecular weight excluding hydrogens is 340 g/mol. The minimum absolute atomic E-state index is 0.0817. The van der Waals surface area contributed by atoms with Crippen LogP contribution in [0.3, 0.4) is 0 Å². The van der Waals surface area contributed by atoms with Crippen molar-refractivity contribution in [2.24, 2.45) is 0 Å². The number of benzene rings is 1. The van der Waals surface area contributed by atoms with Gasteiger partial charge in [-0.05, 0) is 38.8 Å². The van der Waals surface area contributed by atoms with Gasteiger partial charge in [0.15, 0.2) is 0 Å². The van der Waals surface area contributed by atoms with Crippen molar-refractivity contribution < 1.29 is 9.53 Å². The highest BCUT2D eigenvalue weighted by Gasteiger charge is 2.14. The Kier molecular flexibility index (Phi) is 6.20. The van der Waals surface area contributed by atoms with Gasteiger partial charge in [0, 0.05) is 23.2 Å². The third-order valence-electron chi connectivity index (χ3n) is 3.80. The molecule has 0 aliphatic heterocycles. The maximum atomic E-state index is 12.3. The van der Waals surface area contributed by atoms with E-state index >= 15 is 0 Å². The van der Waals surface area contributed by atoms with Gasteiger partial charge < -0.3 is 15.4 Å². The van der Waals surface area contributed by atoms with Crippen molar-refractivity contribution in [3.8, 4) is 5.75 Å². The average Bonchev–Trinajstić information content (AvgIpc) is 2.57. The van der Waals surface area contributed by atoms with Crippen LogP contribution in [0.25, 0.3) is 0 Å². The van der Waals surface area contributed by atoms with E-state index in [0.29, 0.717) is 28.1 Å². The molecule has 0 fully saturated rings. The molecule has 6 nitrogen and oxygen atoms in total. The van der Waals surface area contributed by atoms with Crippen molar-refractivity contribution in [2.45, 2.75) is 40.2 Å². The summed E-state index contributed by atoms with van der Waals surface area (Å²) in [5.41, 5.74) is 1.95. The number of rotatable bonds is 6. The predicted octanol–water partition coefficient (Wildman–Crippen LogP) is 4.03. The molecule has 0 aliphatic rings. The molecule has 134 valence electrons. The lowest BCUT2D eigenvalue weighted by atomic mass is 10.2. The molecule has 25 heavy (non-hydrogen) atoms. The summed E-state index contributed by atoms with van der Waals surface area (Å²) in [6, 6.07) is 5.31. The Bertz CT molecular complexity index is 780. The highest BCUT2D eigenvalue weighted by Crippen LogP contribution is 2.32. The molecule has 1 amide bonds. The molecule has 1 aromatic carbocycles. The molecule has 1 aromatic heterocycles. The first-order valence-corrected chi connectivity index (χ1v) is 8.49. The number of nitrogens with zero attached hydrogens (tertiary/aromatic N) is 2. The second kappa shape index (κ2) is 8.16. The van der Waals surface area contributed by atoms with Gasteiger partial charge in [0.2, 0.25) is 0 Å². The van der Waals surface area contributed by atoms with Crippen molar-refractivity contribution >= 4 is 29.0 Å². The first-order chi connectivity index (χ1) is 11.8. The van der Waals surface area contributed by atoms with Crippen LogP contribution >= 0.6 is 11.6 Å². The summed E-state index contributed by atoms with van der Waals surface area (Å²) in [7, 11) is 1.57. The van der Waals surface area contributed by atoms with Crippen LogP contribution < -0.4 is 15.4 Å². The van der Waals surface area contributed by atoms with Gasteiger partial charge in [-0.2, -0.15) is 0 Å². The molecule has 1 unspecified atom stereocenters. The summed E-state index contributed by atoms with van der Waals surface area (Å²) in [4.78, 5) is 20.9. The number of amides is 1. The molecule has 2 N–H and O–H groups in total. The lowest BCUT2D eigenvalue weighted by Crippen LogP contribution is -2.32. The Labute approximate surface area is 153 Å². The van der Waals surface area contributed by atoms with Gasteiger partial charge in [-0.25, -0.2) is 9.97 Å². The van der Waals surface area contributed by atoms with E-state index in [1.807, 2.05) is 26.8 Å². The Morgan fingerprint density at radius 2 is 2.00 bits per heavy atom. The number of carbonyl (C=O) groups is 1. The maximum Gasteiger partial charge on any atom is 0.270 e.